The molecule has 4 rings (SSSR count). The Morgan fingerprint density at radius 1 is 1.22 bits per heavy atom. The average Bonchev–Trinajstić information content (AvgIpc) is 3.56. The van der Waals surface area contributed by atoms with Crippen molar-refractivity contribution in [2.75, 3.05) is 26.7 Å². The minimum absolute atomic E-state index is 0.0420. The van der Waals surface area contributed by atoms with Crippen LogP contribution in [0.3, 0.4) is 0 Å². The number of nitrogens with one attached hydrogen (secondary N) is 1. The molecule has 0 aromatic heterocycles. The van der Waals surface area contributed by atoms with E-state index in [1.807, 2.05) is 37.3 Å². The SMILES string of the molecule is COC(=O)C=CCN1CCC[C@]12CCN([C@@H](C)C(=O)N[C@@H](Cc1ccccc1)[C@@H]1C[C@@H](C)C(=O)O1)C2=O. The fraction of sp³-hybridized carbons (Fsp3) is 0.571. The lowest BCUT2D eigenvalue weighted by molar-refractivity contribution is -0.146. The summed E-state index contributed by atoms with van der Waals surface area (Å²) in [5, 5.41) is 3.10. The molecule has 9 nitrogen and oxygen atoms in total. The van der Waals surface area contributed by atoms with Crippen molar-refractivity contribution < 1.29 is 28.7 Å². The number of esters is 2. The summed E-state index contributed by atoms with van der Waals surface area (Å²) < 4.78 is 10.3. The lowest BCUT2D eigenvalue weighted by Crippen LogP contribution is -2.56. The van der Waals surface area contributed by atoms with Gasteiger partial charge in [-0.15, -0.1) is 0 Å². The third-order valence-electron chi connectivity index (χ3n) is 8.01. The van der Waals surface area contributed by atoms with Crippen molar-refractivity contribution >= 4 is 23.8 Å². The van der Waals surface area contributed by atoms with E-state index < -0.39 is 23.7 Å². The van der Waals surface area contributed by atoms with Gasteiger partial charge in [0.1, 0.15) is 17.7 Å². The number of amides is 2. The largest absolute Gasteiger partial charge is 0.466 e. The quantitative estimate of drug-likeness (QED) is 0.399. The first-order chi connectivity index (χ1) is 17.7. The predicted molar refractivity (Wildman–Crippen MR) is 136 cm³/mol. The monoisotopic (exact) mass is 511 g/mol. The van der Waals surface area contributed by atoms with E-state index >= 15 is 0 Å². The van der Waals surface area contributed by atoms with E-state index in [2.05, 4.69) is 15.0 Å². The first-order valence-corrected chi connectivity index (χ1v) is 13.1. The number of carbonyl (C=O) groups is 4. The standard InChI is InChI=1S/C28H37N3O6/c1-19-17-23(37-26(19)34)22(18-21-9-5-4-6-10-21)29-25(33)20(2)31-16-13-28(27(31)35)12-8-15-30(28)14-7-11-24(32)36-3/h4-7,9-11,19-20,22-23H,8,12-18H2,1-3H3,(H,29,33)/t19-,20+,22+,23+,28-/m1/s1. The number of hydrogen-bond acceptors (Lipinski definition) is 7. The zero-order chi connectivity index (χ0) is 26.6. The van der Waals surface area contributed by atoms with Gasteiger partial charge in [0.05, 0.1) is 19.1 Å². The molecule has 1 N–H and O–H groups in total. The van der Waals surface area contributed by atoms with Crippen LogP contribution in [-0.2, 0) is 35.1 Å². The number of likely N-dealkylation sites (tertiary alicyclic amines) is 2. The van der Waals surface area contributed by atoms with E-state index in [9.17, 15) is 19.2 Å². The number of cyclic esters (lactones) is 1. The van der Waals surface area contributed by atoms with Gasteiger partial charge in [-0.05, 0) is 51.1 Å². The van der Waals surface area contributed by atoms with Crippen LogP contribution in [0, 0.1) is 5.92 Å². The van der Waals surface area contributed by atoms with Gasteiger partial charge in [0.25, 0.3) is 0 Å². The normalized spacial score (nSPS) is 27.6. The lowest BCUT2D eigenvalue weighted by Gasteiger charge is -2.34. The van der Waals surface area contributed by atoms with Gasteiger partial charge in [-0.1, -0.05) is 43.3 Å². The molecule has 9 heteroatoms. The van der Waals surface area contributed by atoms with Gasteiger partial charge < -0.3 is 19.7 Å². The number of carbonyl (C=O) groups excluding carboxylic acids is 4. The number of methoxy groups -OCH3 is 1. The van der Waals surface area contributed by atoms with Gasteiger partial charge in [-0.2, -0.15) is 0 Å². The van der Waals surface area contributed by atoms with E-state index in [1.54, 1.807) is 17.9 Å². The molecule has 37 heavy (non-hydrogen) atoms. The molecule has 3 fully saturated rings. The van der Waals surface area contributed by atoms with E-state index in [0.717, 1.165) is 24.9 Å². The Morgan fingerprint density at radius 2 is 1.97 bits per heavy atom. The van der Waals surface area contributed by atoms with Crippen LogP contribution in [0.4, 0.5) is 0 Å². The van der Waals surface area contributed by atoms with Crippen molar-refractivity contribution in [2.45, 2.75) is 69.7 Å². The summed E-state index contributed by atoms with van der Waals surface area (Å²) in [7, 11) is 1.33. The van der Waals surface area contributed by atoms with Crippen LogP contribution < -0.4 is 5.32 Å². The van der Waals surface area contributed by atoms with Crippen molar-refractivity contribution in [1.82, 2.24) is 15.1 Å². The van der Waals surface area contributed by atoms with Crippen LogP contribution in [-0.4, -0.2) is 84.0 Å². The second-order valence-corrected chi connectivity index (χ2v) is 10.3. The van der Waals surface area contributed by atoms with Crippen molar-refractivity contribution in [3.05, 3.63) is 48.0 Å². The van der Waals surface area contributed by atoms with Gasteiger partial charge in [-0.3, -0.25) is 19.3 Å². The molecule has 0 bridgehead atoms. The second-order valence-electron chi connectivity index (χ2n) is 10.3. The Balaban J connectivity index is 1.44. The van der Waals surface area contributed by atoms with Gasteiger partial charge in [-0.25, -0.2) is 4.79 Å². The molecule has 1 aromatic rings. The zero-order valence-corrected chi connectivity index (χ0v) is 21.9. The number of benzene rings is 1. The van der Waals surface area contributed by atoms with Crippen molar-refractivity contribution in [3.8, 4) is 0 Å². The molecule has 200 valence electrons. The van der Waals surface area contributed by atoms with E-state index in [0.29, 0.717) is 32.4 Å². The van der Waals surface area contributed by atoms with Gasteiger partial charge in [0, 0.05) is 19.2 Å². The van der Waals surface area contributed by atoms with E-state index in [4.69, 9.17) is 4.74 Å². The highest BCUT2D eigenvalue weighted by molar-refractivity contribution is 5.94. The fourth-order valence-corrected chi connectivity index (χ4v) is 5.81. The Kier molecular flexibility index (Phi) is 8.32. The first-order valence-electron chi connectivity index (χ1n) is 13.1. The second kappa shape index (κ2) is 11.5. The van der Waals surface area contributed by atoms with Crippen LogP contribution in [0.1, 0.15) is 45.1 Å². The predicted octanol–water partition coefficient (Wildman–Crippen LogP) is 1.85. The highest BCUT2D eigenvalue weighted by atomic mass is 16.6. The molecule has 5 atom stereocenters. The molecule has 0 aliphatic carbocycles. The number of ether oxygens (including phenoxy) is 2. The van der Waals surface area contributed by atoms with E-state index in [1.165, 1.54) is 13.2 Å². The summed E-state index contributed by atoms with van der Waals surface area (Å²) >= 11 is 0. The molecule has 0 radical (unpaired) electrons. The zero-order valence-electron chi connectivity index (χ0n) is 21.9. The summed E-state index contributed by atoms with van der Waals surface area (Å²) in [6, 6.07) is 8.74. The first kappa shape index (κ1) is 26.9. The Bertz CT molecular complexity index is 1040. The highest BCUT2D eigenvalue weighted by Crippen LogP contribution is 2.39. The molecular weight excluding hydrogens is 474 g/mol. The molecular formula is C28H37N3O6. The molecule has 3 heterocycles. The summed E-state index contributed by atoms with van der Waals surface area (Å²) in [6.07, 6.45) is 6.03. The molecule has 1 spiro atoms. The van der Waals surface area contributed by atoms with Crippen LogP contribution in [0.5, 0.6) is 0 Å². The Labute approximate surface area is 218 Å². The van der Waals surface area contributed by atoms with Crippen LogP contribution in [0.2, 0.25) is 0 Å². The third-order valence-corrected chi connectivity index (χ3v) is 8.01. The molecule has 3 aliphatic heterocycles. The molecule has 2 amide bonds. The van der Waals surface area contributed by atoms with Crippen LogP contribution in [0.15, 0.2) is 42.5 Å². The van der Waals surface area contributed by atoms with Crippen molar-refractivity contribution in [2.24, 2.45) is 5.92 Å². The molecule has 3 saturated heterocycles. The lowest BCUT2D eigenvalue weighted by atomic mass is 9.94. The average molecular weight is 512 g/mol. The van der Waals surface area contributed by atoms with Crippen LogP contribution in [0.25, 0.3) is 0 Å². The highest BCUT2D eigenvalue weighted by Gasteiger charge is 2.54. The third kappa shape index (κ3) is 5.71. The summed E-state index contributed by atoms with van der Waals surface area (Å²) in [5.41, 5.74) is 0.392. The number of nitrogens with zero attached hydrogens (tertiary/aromatic N) is 2. The minimum Gasteiger partial charge on any atom is -0.466 e. The maximum atomic E-state index is 13.7. The number of rotatable bonds is 9. The Hall–Kier alpha value is -3.20. The molecule has 0 saturated carbocycles. The molecule has 3 aliphatic rings. The van der Waals surface area contributed by atoms with Crippen molar-refractivity contribution in [3.63, 3.8) is 0 Å². The molecule has 1 aromatic carbocycles. The maximum Gasteiger partial charge on any atom is 0.330 e. The summed E-state index contributed by atoms with van der Waals surface area (Å²) in [5.74, 6) is -1.18. The minimum atomic E-state index is -0.660. The van der Waals surface area contributed by atoms with Gasteiger partial charge >= 0.3 is 11.9 Å². The topological polar surface area (TPSA) is 105 Å². The maximum absolute atomic E-state index is 13.7. The smallest absolute Gasteiger partial charge is 0.330 e. The number of hydrogen-bond donors (Lipinski definition) is 1. The van der Waals surface area contributed by atoms with Crippen molar-refractivity contribution in [1.29, 1.82) is 0 Å². The Morgan fingerprint density at radius 3 is 2.65 bits per heavy atom. The van der Waals surface area contributed by atoms with Gasteiger partial charge in [0.2, 0.25) is 11.8 Å². The van der Waals surface area contributed by atoms with Gasteiger partial charge in [0.15, 0.2) is 0 Å². The summed E-state index contributed by atoms with van der Waals surface area (Å²) in [6.45, 7) is 5.31. The van der Waals surface area contributed by atoms with Crippen LogP contribution >= 0.6 is 0 Å². The van der Waals surface area contributed by atoms with E-state index in [-0.39, 0.29) is 29.7 Å². The fourth-order valence-electron chi connectivity index (χ4n) is 5.81. The molecule has 0 unspecified atom stereocenters. The summed E-state index contributed by atoms with van der Waals surface area (Å²) in [4.78, 5) is 54.4.